The second kappa shape index (κ2) is 7.48. The van der Waals surface area contributed by atoms with Gasteiger partial charge in [0.2, 0.25) is 0 Å². The molecule has 0 bridgehead atoms. The summed E-state index contributed by atoms with van der Waals surface area (Å²) in [6, 6.07) is 9.88. The first-order chi connectivity index (χ1) is 13.1. The van der Waals surface area contributed by atoms with E-state index in [9.17, 15) is 9.18 Å². The highest BCUT2D eigenvalue weighted by molar-refractivity contribution is 5.94. The summed E-state index contributed by atoms with van der Waals surface area (Å²) in [5, 5.41) is 0. The van der Waals surface area contributed by atoms with Crippen molar-refractivity contribution in [3.05, 3.63) is 60.2 Å². The molecular formula is C21H22FN3O2. The zero-order valence-electron chi connectivity index (χ0n) is 15.3. The first-order valence-corrected chi connectivity index (χ1v) is 9.17. The highest BCUT2D eigenvalue weighted by atomic mass is 19.1. The van der Waals surface area contributed by atoms with Gasteiger partial charge in [-0.3, -0.25) is 4.79 Å². The third kappa shape index (κ3) is 4.01. The topological polar surface area (TPSA) is 46.8 Å². The van der Waals surface area contributed by atoms with Crippen LogP contribution in [0.1, 0.15) is 23.2 Å². The maximum absolute atomic E-state index is 13.1. The molecule has 1 aliphatic carbocycles. The normalized spacial score (nSPS) is 13.9. The van der Waals surface area contributed by atoms with Gasteiger partial charge in [-0.25, -0.2) is 9.37 Å². The van der Waals surface area contributed by atoms with Crippen molar-refractivity contribution in [3.63, 3.8) is 0 Å². The van der Waals surface area contributed by atoms with Crippen LogP contribution < -0.4 is 0 Å². The number of carbonyl (C=O) groups excluding carboxylic acids is 1. The van der Waals surface area contributed by atoms with Crippen LogP contribution in [0.2, 0.25) is 0 Å². The van der Waals surface area contributed by atoms with Crippen LogP contribution in [0.3, 0.4) is 0 Å². The highest BCUT2D eigenvalue weighted by Gasteiger charge is 2.27. The summed E-state index contributed by atoms with van der Waals surface area (Å²) in [5.74, 6) is 0.355. The second-order valence-corrected chi connectivity index (χ2v) is 7.00. The quantitative estimate of drug-likeness (QED) is 0.641. The third-order valence-electron chi connectivity index (χ3n) is 4.87. The maximum Gasteiger partial charge on any atom is 0.255 e. The molecule has 0 atom stereocenters. The first kappa shape index (κ1) is 17.7. The monoisotopic (exact) mass is 367 g/mol. The number of amides is 1. The average molecular weight is 367 g/mol. The van der Waals surface area contributed by atoms with Crippen LogP contribution in [0.4, 0.5) is 4.39 Å². The molecule has 0 spiro atoms. The fraction of sp³-hybridized carbons (Fsp3) is 0.333. The lowest BCUT2D eigenvalue weighted by Gasteiger charge is -2.22. The molecule has 6 heteroatoms. The van der Waals surface area contributed by atoms with E-state index in [0.717, 1.165) is 23.4 Å². The molecule has 2 aromatic heterocycles. The Morgan fingerprint density at radius 3 is 2.70 bits per heavy atom. The van der Waals surface area contributed by atoms with Crippen molar-refractivity contribution in [2.24, 2.45) is 5.92 Å². The van der Waals surface area contributed by atoms with Gasteiger partial charge in [-0.15, -0.1) is 0 Å². The highest BCUT2D eigenvalue weighted by Crippen LogP contribution is 2.30. The molecule has 140 valence electrons. The van der Waals surface area contributed by atoms with Crippen LogP contribution in [0, 0.1) is 11.7 Å². The number of ether oxygens (including phenoxy) is 1. The fourth-order valence-corrected chi connectivity index (χ4v) is 3.15. The second-order valence-electron chi connectivity index (χ2n) is 7.00. The number of aromatic nitrogens is 2. The Labute approximate surface area is 157 Å². The zero-order chi connectivity index (χ0) is 18.8. The minimum Gasteiger partial charge on any atom is -0.383 e. The lowest BCUT2D eigenvalue weighted by Crippen LogP contribution is -2.35. The van der Waals surface area contributed by atoms with E-state index < -0.39 is 0 Å². The van der Waals surface area contributed by atoms with Crippen molar-refractivity contribution < 1.29 is 13.9 Å². The lowest BCUT2D eigenvalue weighted by molar-refractivity contribution is 0.0685. The summed E-state index contributed by atoms with van der Waals surface area (Å²) in [6.07, 6.45) is 6.06. The Morgan fingerprint density at radius 1 is 1.22 bits per heavy atom. The number of nitrogens with zero attached hydrogens (tertiary/aromatic N) is 3. The van der Waals surface area contributed by atoms with Crippen LogP contribution >= 0.6 is 0 Å². The molecule has 2 heterocycles. The molecule has 27 heavy (non-hydrogen) atoms. The van der Waals surface area contributed by atoms with E-state index in [1.54, 1.807) is 19.2 Å². The van der Waals surface area contributed by atoms with E-state index in [1.807, 2.05) is 33.8 Å². The number of fused-ring (bicyclic) bond motifs is 1. The van der Waals surface area contributed by atoms with Gasteiger partial charge in [0.15, 0.2) is 0 Å². The van der Waals surface area contributed by atoms with E-state index in [-0.39, 0.29) is 11.7 Å². The van der Waals surface area contributed by atoms with Crippen molar-refractivity contribution in [3.8, 4) is 11.3 Å². The molecule has 1 saturated carbocycles. The molecule has 0 aliphatic heterocycles. The van der Waals surface area contributed by atoms with Gasteiger partial charge in [0.1, 0.15) is 11.5 Å². The minimum atomic E-state index is -0.276. The number of hydrogen-bond donors (Lipinski definition) is 0. The van der Waals surface area contributed by atoms with Gasteiger partial charge < -0.3 is 14.0 Å². The predicted octanol–water partition coefficient (Wildman–Crippen LogP) is 3.64. The van der Waals surface area contributed by atoms with Crippen molar-refractivity contribution in [1.82, 2.24) is 14.3 Å². The van der Waals surface area contributed by atoms with Crippen molar-refractivity contribution in [2.45, 2.75) is 12.8 Å². The largest absolute Gasteiger partial charge is 0.383 e. The van der Waals surface area contributed by atoms with E-state index in [0.29, 0.717) is 24.6 Å². The Hall–Kier alpha value is -2.73. The van der Waals surface area contributed by atoms with Crippen molar-refractivity contribution in [1.29, 1.82) is 0 Å². The zero-order valence-corrected chi connectivity index (χ0v) is 15.3. The Kier molecular flexibility index (Phi) is 4.90. The molecule has 3 aromatic rings. The van der Waals surface area contributed by atoms with E-state index >= 15 is 0 Å². The Morgan fingerprint density at radius 2 is 2.00 bits per heavy atom. The number of pyridine rings is 1. The summed E-state index contributed by atoms with van der Waals surface area (Å²) in [7, 11) is 1.65. The van der Waals surface area contributed by atoms with Gasteiger partial charge in [-0.1, -0.05) is 0 Å². The minimum absolute atomic E-state index is 0.0119. The van der Waals surface area contributed by atoms with Crippen molar-refractivity contribution in [2.75, 3.05) is 26.8 Å². The van der Waals surface area contributed by atoms with Crippen molar-refractivity contribution >= 4 is 11.6 Å². The predicted molar refractivity (Wildman–Crippen MR) is 101 cm³/mol. The van der Waals surface area contributed by atoms with Gasteiger partial charge in [0.25, 0.3) is 5.91 Å². The standard InChI is InChI=1S/C21H22FN3O2/c1-27-11-10-24(12-15-2-3-15)21(26)17-6-9-20-23-19(14-25(20)13-17)16-4-7-18(22)8-5-16/h4-9,13-15H,2-3,10-12H2,1H3. The van der Waals surface area contributed by atoms with Gasteiger partial charge in [0, 0.05) is 38.2 Å². The molecular weight excluding hydrogens is 345 g/mol. The van der Waals surface area contributed by atoms with E-state index in [4.69, 9.17) is 4.74 Å². The van der Waals surface area contributed by atoms with Crippen LogP contribution in [-0.4, -0.2) is 47.0 Å². The summed E-state index contributed by atoms with van der Waals surface area (Å²) >= 11 is 0. The van der Waals surface area contributed by atoms with Gasteiger partial charge in [-0.2, -0.15) is 0 Å². The number of carbonyl (C=O) groups is 1. The molecule has 1 aromatic carbocycles. The third-order valence-corrected chi connectivity index (χ3v) is 4.87. The first-order valence-electron chi connectivity index (χ1n) is 9.17. The van der Waals surface area contributed by atoms with Crippen LogP contribution in [0.5, 0.6) is 0 Å². The number of benzene rings is 1. The molecule has 0 saturated heterocycles. The summed E-state index contributed by atoms with van der Waals surface area (Å²) in [6.45, 7) is 1.90. The van der Waals surface area contributed by atoms with Gasteiger partial charge in [0.05, 0.1) is 17.9 Å². The molecule has 4 rings (SSSR count). The molecule has 0 radical (unpaired) electrons. The summed E-state index contributed by atoms with van der Waals surface area (Å²) < 4.78 is 20.1. The summed E-state index contributed by atoms with van der Waals surface area (Å²) in [4.78, 5) is 19.4. The average Bonchev–Trinajstić information content (AvgIpc) is 3.40. The van der Waals surface area contributed by atoms with E-state index in [2.05, 4.69) is 4.98 Å². The van der Waals surface area contributed by atoms with Gasteiger partial charge >= 0.3 is 0 Å². The summed E-state index contributed by atoms with van der Waals surface area (Å²) in [5.41, 5.74) is 2.95. The van der Waals surface area contributed by atoms with Crippen LogP contribution in [0.25, 0.3) is 16.9 Å². The molecule has 5 nitrogen and oxygen atoms in total. The van der Waals surface area contributed by atoms with Crippen LogP contribution in [0.15, 0.2) is 48.8 Å². The number of imidazole rings is 1. The number of rotatable bonds is 7. The number of halogens is 1. The lowest BCUT2D eigenvalue weighted by atomic mass is 10.2. The fourth-order valence-electron chi connectivity index (χ4n) is 3.15. The van der Waals surface area contributed by atoms with E-state index in [1.165, 1.54) is 25.0 Å². The Bertz CT molecular complexity index is 948. The maximum atomic E-state index is 13.1. The molecule has 0 unspecified atom stereocenters. The molecule has 0 N–H and O–H groups in total. The molecule has 1 amide bonds. The molecule has 1 aliphatic rings. The SMILES string of the molecule is COCCN(CC1CC1)C(=O)c1ccc2nc(-c3ccc(F)cc3)cn2c1. The van der Waals surface area contributed by atoms with Gasteiger partial charge in [-0.05, 0) is 55.2 Å². The Balaban J connectivity index is 1.59. The van der Waals surface area contributed by atoms with Crippen LogP contribution in [-0.2, 0) is 4.74 Å². The number of methoxy groups -OCH3 is 1. The smallest absolute Gasteiger partial charge is 0.255 e. The number of hydrogen-bond acceptors (Lipinski definition) is 3. The molecule has 1 fully saturated rings.